The van der Waals surface area contributed by atoms with E-state index in [2.05, 4.69) is 66.4 Å². The Kier molecular flexibility index (Phi) is 5.95. The third-order valence-electron chi connectivity index (χ3n) is 6.94. The lowest BCUT2D eigenvalue weighted by Crippen LogP contribution is -2.36. The van der Waals surface area contributed by atoms with Crippen molar-refractivity contribution in [2.45, 2.75) is 26.1 Å². The molecule has 0 bridgehead atoms. The summed E-state index contributed by atoms with van der Waals surface area (Å²) in [6, 6.07) is 29.1. The van der Waals surface area contributed by atoms with E-state index in [-0.39, 0.29) is 12.1 Å². The summed E-state index contributed by atoms with van der Waals surface area (Å²) in [4.78, 5) is 17.7. The molecule has 0 N–H and O–H groups in total. The molecule has 5 rings (SSSR count). The number of likely N-dealkylation sites (tertiary alicyclic amines) is 2. The minimum absolute atomic E-state index is 0.0604. The minimum Gasteiger partial charge on any atom is -0.445 e. The normalized spacial score (nSPS) is 22.7. The molecular weight excluding hydrogens is 396 g/mol. The predicted octanol–water partition coefficient (Wildman–Crippen LogP) is 5.44. The average Bonchev–Trinajstić information content (AvgIpc) is 3.37. The minimum atomic E-state index is -0.203. The van der Waals surface area contributed by atoms with Crippen molar-refractivity contribution in [3.63, 3.8) is 0 Å². The van der Waals surface area contributed by atoms with Crippen LogP contribution in [0.1, 0.15) is 28.3 Å². The van der Waals surface area contributed by atoms with Crippen molar-refractivity contribution in [2.75, 3.05) is 19.6 Å². The molecule has 0 spiro atoms. The maximum absolute atomic E-state index is 13.2. The van der Waals surface area contributed by atoms with E-state index in [9.17, 15) is 4.79 Å². The first kappa shape index (κ1) is 20.8. The van der Waals surface area contributed by atoms with Crippen molar-refractivity contribution in [2.24, 2.45) is 11.8 Å². The Morgan fingerprint density at radius 3 is 2.22 bits per heavy atom. The zero-order valence-electron chi connectivity index (χ0n) is 18.6. The standard InChI is InChI=1S/C28H30N2O2/c1-21-10-8-9-15-25(21)27-26-19-29(16-22-11-4-2-5-12-22)17-24(26)18-30(27)28(31)32-20-23-13-6-3-7-14-23/h2-15,24,26-27H,16-20H2,1H3. The van der Waals surface area contributed by atoms with Crippen LogP contribution in [-0.2, 0) is 17.9 Å². The molecule has 0 aliphatic carbocycles. The third-order valence-corrected chi connectivity index (χ3v) is 6.94. The van der Waals surface area contributed by atoms with Gasteiger partial charge in [-0.2, -0.15) is 0 Å². The molecule has 0 saturated carbocycles. The monoisotopic (exact) mass is 426 g/mol. The number of carbonyl (C=O) groups is 1. The van der Waals surface area contributed by atoms with Crippen LogP contribution < -0.4 is 0 Å². The Hall–Kier alpha value is -3.11. The second kappa shape index (κ2) is 9.17. The van der Waals surface area contributed by atoms with E-state index in [1.807, 2.05) is 35.2 Å². The molecular formula is C28H30N2O2. The second-order valence-electron chi connectivity index (χ2n) is 9.10. The van der Waals surface area contributed by atoms with E-state index in [0.29, 0.717) is 18.4 Å². The summed E-state index contributed by atoms with van der Waals surface area (Å²) >= 11 is 0. The number of ether oxygens (including phenoxy) is 1. The van der Waals surface area contributed by atoms with Gasteiger partial charge in [-0.05, 0) is 35.1 Å². The maximum Gasteiger partial charge on any atom is 0.410 e. The quantitative estimate of drug-likeness (QED) is 0.545. The molecule has 4 nitrogen and oxygen atoms in total. The number of carbonyl (C=O) groups excluding carboxylic acids is 1. The first-order valence-electron chi connectivity index (χ1n) is 11.5. The Labute approximate surface area is 190 Å². The predicted molar refractivity (Wildman–Crippen MR) is 126 cm³/mol. The Morgan fingerprint density at radius 1 is 0.844 bits per heavy atom. The van der Waals surface area contributed by atoms with Crippen molar-refractivity contribution >= 4 is 6.09 Å². The summed E-state index contributed by atoms with van der Waals surface area (Å²) in [7, 11) is 0. The summed E-state index contributed by atoms with van der Waals surface area (Å²) in [6.07, 6.45) is -0.203. The van der Waals surface area contributed by atoms with Gasteiger partial charge in [0.2, 0.25) is 0 Å². The fraction of sp³-hybridized carbons (Fsp3) is 0.321. The van der Waals surface area contributed by atoms with Crippen LogP contribution in [0.25, 0.3) is 0 Å². The van der Waals surface area contributed by atoms with Crippen molar-refractivity contribution in [3.8, 4) is 0 Å². The molecule has 3 atom stereocenters. The summed E-state index contributed by atoms with van der Waals surface area (Å²) < 4.78 is 5.76. The molecule has 2 aliphatic rings. The Morgan fingerprint density at radius 2 is 1.50 bits per heavy atom. The molecule has 32 heavy (non-hydrogen) atoms. The fourth-order valence-corrected chi connectivity index (χ4v) is 5.42. The van der Waals surface area contributed by atoms with Crippen LogP contribution in [0.4, 0.5) is 4.79 Å². The van der Waals surface area contributed by atoms with Crippen LogP contribution >= 0.6 is 0 Å². The maximum atomic E-state index is 13.2. The molecule has 3 unspecified atom stereocenters. The Bertz CT molecular complexity index is 1050. The van der Waals surface area contributed by atoms with Crippen LogP contribution in [0.2, 0.25) is 0 Å². The van der Waals surface area contributed by atoms with E-state index in [0.717, 1.165) is 31.7 Å². The largest absolute Gasteiger partial charge is 0.445 e. The van der Waals surface area contributed by atoms with Crippen LogP contribution in [0.3, 0.4) is 0 Å². The fourth-order valence-electron chi connectivity index (χ4n) is 5.42. The Balaban J connectivity index is 1.34. The van der Waals surface area contributed by atoms with E-state index >= 15 is 0 Å². The topological polar surface area (TPSA) is 32.8 Å². The number of fused-ring (bicyclic) bond motifs is 1. The van der Waals surface area contributed by atoms with Crippen molar-refractivity contribution < 1.29 is 9.53 Å². The summed E-state index contributed by atoms with van der Waals surface area (Å²) in [6.45, 7) is 6.19. The lowest BCUT2D eigenvalue weighted by atomic mass is 9.88. The highest BCUT2D eigenvalue weighted by Gasteiger charge is 2.49. The highest BCUT2D eigenvalue weighted by molar-refractivity contribution is 5.69. The molecule has 0 aromatic heterocycles. The van der Waals surface area contributed by atoms with Gasteiger partial charge in [0, 0.05) is 32.1 Å². The summed E-state index contributed by atoms with van der Waals surface area (Å²) in [5.41, 5.74) is 4.85. The number of amides is 1. The van der Waals surface area contributed by atoms with E-state index < -0.39 is 0 Å². The van der Waals surface area contributed by atoms with E-state index in [1.54, 1.807) is 0 Å². The molecule has 2 heterocycles. The van der Waals surface area contributed by atoms with Gasteiger partial charge < -0.3 is 9.64 Å². The van der Waals surface area contributed by atoms with Crippen LogP contribution in [0, 0.1) is 18.8 Å². The van der Waals surface area contributed by atoms with Gasteiger partial charge in [0.25, 0.3) is 0 Å². The average molecular weight is 427 g/mol. The number of hydrogen-bond acceptors (Lipinski definition) is 3. The number of nitrogens with zero attached hydrogens (tertiary/aromatic N) is 2. The summed E-state index contributed by atoms with van der Waals surface area (Å²) in [5.74, 6) is 0.886. The van der Waals surface area contributed by atoms with Gasteiger partial charge >= 0.3 is 6.09 Å². The van der Waals surface area contributed by atoms with Crippen LogP contribution in [0.15, 0.2) is 84.9 Å². The van der Waals surface area contributed by atoms with Gasteiger partial charge in [0.1, 0.15) is 6.61 Å². The second-order valence-corrected chi connectivity index (χ2v) is 9.10. The van der Waals surface area contributed by atoms with Gasteiger partial charge in [0.05, 0.1) is 6.04 Å². The van der Waals surface area contributed by atoms with Crippen LogP contribution in [-0.4, -0.2) is 35.5 Å². The SMILES string of the molecule is Cc1ccccc1C1C2CN(Cc3ccccc3)CC2CN1C(=O)OCc1ccccc1. The highest BCUT2D eigenvalue weighted by Crippen LogP contribution is 2.46. The smallest absolute Gasteiger partial charge is 0.410 e. The zero-order chi connectivity index (χ0) is 21.9. The molecule has 1 amide bonds. The molecule has 3 aromatic rings. The molecule has 164 valence electrons. The van der Waals surface area contributed by atoms with Gasteiger partial charge in [-0.3, -0.25) is 4.90 Å². The first-order valence-corrected chi connectivity index (χ1v) is 11.5. The molecule has 2 fully saturated rings. The molecule has 3 aromatic carbocycles. The third kappa shape index (κ3) is 4.28. The molecule has 2 aliphatic heterocycles. The van der Waals surface area contributed by atoms with Crippen molar-refractivity contribution in [3.05, 3.63) is 107 Å². The first-order chi connectivity index (χ1) is 15.7. The van der Waals surface area contributed by atoms with Crippen molar-refractivity contribution in [1.29, 1.82) is 0 Å². The molecule has 4 heteroatoms. The lowest BCUT2D eigenvalue weighted by molar-refractivity contribution is 0.0843. The lowest BCUT2D eigenvalue weighted by Gasteiger charge is -2.30. The summed E-state index contributed by atoms with van der Waals surface area (Å²) in [5, 5.41) is 0. The molecule has 0 radical (unpaired) electrons. The van der Waals surface area contributed by atoms with E-state index in [4.69, 9.17) is 4.74 Å². The van der Waals surface area contributed by atoms with Gasteiger partial charge in [-0.1, -0.05) is 84.9 Å². The zero-order valence-corrected chi connectivity index (χ0v) is 18.6. The number of benzene rings is 3. The number of aryl methyl sites for hydroxylation is 1. The van der Waals surface area contributed by atoms with E-state index in [1.165, 1.54) is 16.7 Å². The van der Waals surface area contributed by atoms with Gasteiger partial charge in [-0.25, -0.2) is 4.79 Å². The van der Waals surface area contributed by atoms with Gasteiger partial charge in [-0.15, -0.1) is 0 Å². The number of rotatable bonds is 5. The number of hydrogen-bond donors (Lipinski definition) is 0. The van der Waals surface area contributed by atoms with Crippen LogP contribution in [0.5, 0.6) is 0 Å². The molecule has 2 saturated heterocycles. The highest BCUT2D eigenvalue weighted by atomic mass is 16.6. The van der Waals surface area contributed by atoms with Crippen molar-refractivity contribution in [1.82, 2.24) is 9.80 Å². The van der Waals surface area contributed by atoms with Gasteiger partial charge in [0.15, 0.2) is 0 Å².